The van der Waals surface area contributed by atoms with Crippen LogP contribution in [0.1, 0.15) is 6.92 Å². The quantitative estimate of drug-likeness (QED) is 0.915. The van der Waals surface area contributed by atoms with E-state index < -0.39 is 10.0 Å². The second-order valence-electron chi connectivity index (χ2n) is 4.03. The summed E-state index contributed by atoms with van der Waals surface area (Å²) in [4.78, 5) is 4.03. The van der Waals surface area contributed by atoms with Crippen molar-refractivity contribution < 1.29 is 8.42 Å². The highest BCUT2D eigenvalue weighted by atomic mass is 35.5. The molecule has 0 fully saturated rings. The maximum atomic E-state index is 12.3. The maximum Gasteiger partial charge on any atom is 0.259 e. The van der Waals surface area contributed by atoms with Crippen LogP contribution in [0.15, 0.2) is 29.4 Å². The van der Waals surface area contributed by atoms with Gasteiger partial charge in [0, 0.05) is 18.0 Å². The number of fused-ring (bicyclic) bond motifs is 1. The van der Waals surface area contributed by atoms with Crippen LogP contribution < -0.4 is 4.72 Å². The monoisotopic (exact) mass is 319 g/mol. The van der Waals surface area contributed by atoms with Gasteiger partial charge < -0.3 is 0 Å². The summed E-state index contributed by atoms with van der Waals surface area (Å²) in [7, 11) is -3.67. The van der Waals surface area contributed by atoms with Crippen LogP contribution in [-0.4, -0.2) is 35.9 Å². The van der Waals surface area contributed by atoms with Gasteiger partial charge in [-0.3, -0.25) is 4.40 Å². The van der Waals surface area contributed by atoms with Crippen LogP contribution in [0, 0.1) is 0 Å². The Morgan fingerprint density at radius 1 is 1.53 bits per heavy atom. The zero-order valence-electron chi connectivity index (χ0n) is 10.5. The molecule has 104 valence electrons. The fourth-order valence-electron chi connectivity index (χ4n) is 1.56. The first-order valence-electron chi connectivity index (χ1n) is 5.60. The molecule has 0 radical (unpaired) electrons. The molecule has 0 aliphatic rings. The first kappa shape index (κ1) is 14.6. The van der Waals surface area contributed by atoms with E-state index in [2.05, 4.69) is 9.71 Å². The summed E-state index contributed by atoms with van der Waals surface area (Å²) in [6.45, 7) is 2.29. The molecule has 2 aromatic heterocycles. The summed E-state index contributed by atoms with van der Waals surface area (Å²) < 4.78 is 28.6. The number of halogens is 1. The predicted octanol–water partition coefficient (Wildman–Crippen LogP) is 2.02. The molecule has 0 aromatic carbocycles. The van der Waals surface area contributed by atoms with Crippen LogP contribution in [0.25, 0.3) is 5.65 Å². The van der Waals surface area contributed by atoms with Crippen molar-refractivity contribution in [2.24, 2.45) is 0 Å². The van der Waals surface area contributed by atoms with Gasteiger partial charge in [0.2, 0.25) is 0 Å². The van der Waals surface area contributed by atoms with E-state index in [-0.39, 0.29) is 15.4 Å². The van der Waals surface area contributed by atoms with Crippen LogP contribution >= 0.6 is 23.4 Å². The van der Waals surface area contributed by atoms with Crippen molar-refractivity contribution in [1.29, 1.82) is 0 Å². The average molecular weight is 320 g/mol. The van der Waals surface area contributed by atoms with E-state index in [1.165, 1.54) is 4.40 Å². The Morgan fingerprint density at radius 3 is 2.95 bits per heavy atom. The van der Waals surface area contributed by atoms with Gasteiger partial charge in [-0.25, -0.2) is 18.1 Å². The molecule has 2 heterocycles. The first-order chi connectivity index (χ1) is 8.95. The van der Waals surface area contributed by atoms with Gasteiger partial charge in [-0.1, -0.05) is 24.6 Å². The zero-order valence-corrected chi connectivity index (χ0v) is 12.9. The molecule has 1 N–H and O–H groups in total. The molecular weight excluding hydrogens is 306 g/mol. The molecule has 2 aromatic rings. The van der Waals surface area contributed by atoms with Gasteiger partial charge in [0.15, 0.2) is 10.2 Å². The molecule has 0 amide bonds. The highest BCUT2D eigenvalue weighted by Gasteiger charge is 2.24. The Morgan fingerprint density at radius 2 is 2.26 bits per heavy atom. The Balaban J connectivity index is 2.40. The number of hydrogen-bond acceptors (Lipinski definition) is 4. The van der Waals surface area contributed by atoms with Crippen LogP contribution in [0.4, 0.5) is 0 Å². The number of nitrogens with zero attached hydrogens (tertiary/aromatic N) is 2. The van der Waals surface area contributed by atoms with Crippen molar-refractivity contribution in [3.63, 3.8) is 0 Å². The molecule has 0 saturated heterocycles. The minimum absolute atomic E-state index is 0.0157. The topological polar surface area (TPSA) is 63.5 Å². The second kappa shape index (κ2) is 5.70. The summed E-state index contributed by atoms with van der Waals surface area (Å²) in [5, 5.41) is 0.154. The molecule has 1 unspecified atom stereocenters. The van der Waals surface area contributed by atoms with E-state index in [0.717, 1.165) is 0 Å². The fourth-order valence-corrected chi connectivity index (χ4v) is 3.69. The lowest BCUT2D eigenvalue weighted by atomic mass is 10.5. The summed E-state index contributed by atoms with van der Waals surface area (Å²) in [6.07, 6.45) is 3.56. The highest BCUT2D eigenvalue weighted by molar-refractivity contribution is 7.99. The Bertz CT molecular complexity index is 684. The van der Waals surface area contributed by atoms with Gasteiger partial charge in [-0.2, -0.15) is 11.8 Å². The normalized spacial score (nSPS) is 13.8. The fraction of sp³-hybridized carbons (Fsp3) is 0.364. The smallest absolute Gasteiger partial charge is 0.259 e. The number of thioether (sulfide) groups is 1. The van der Waals surface area contributed by atoms with Crippen molar-refractivity contribution in [1.82, 2.24) is 14.1 Å². The summed E-state index contributed by atoms with van der Waals surface area (Å²) in [6, 6.07) is 5.21. The number of aromatic nitrogens is 2. The lowest BCUT2D eigenvalue weighted by molar-refractivity contribution is 0.576. The molecule has 0 saturated carbocycles. The summed E-state index contributed by atoms with van der Waals surface area (Å²) in [5.74, 6) is 0. The van der Waals surface area contributed by atoms with Crippen molar-refractivity contribution in [3.05, 3.63) is 29.5 Å². The molecular formula is C11H14ClN3O2S2. The minimum Gasteiger partial charge on any atom is -0.288 e. The van der Waals surface area contributed by atoms with Gasteiger partial charge in [0.05, 0.1) is 0 Å². The van der Waals surface area contributed by atoms with Crippen LogP contribution in [0.3, 0.4) is 0 Å². The van der Waals surface area contributed by atoms with Crippen LogP contribution in [0.5, 0.6) is 0 Å². The lowest BCUT2D eigenvalue weighted by Crippen LogP contribution is -2.30. The number of sulfonamides is 1. The third-order valence-corrected chi connectivity index (χ3v) is 5.46. The SMILES string of the molecule is CSC(C)CNS(=O)(=O)c1c(Cl)nc2ccccn12. The average Bonchev–Trinajstić information content (AvgIpc) is 2.72. The highest BCUT2D eigenvalue weighted by Crippen LogP contribution is 2.22. The second-order valence-corrected chi connectivity index (χ2v) is 7.35. The van der Waals surface area contributed by atoms with E-state index in [0.29, 0.717) is 12.2 Å². The third-order valence-electron chi connectivity index (χ3n) is 2.66. The number of hydrogen-bond donors (Lipinski definition) is 1. The molecule has 2 rings (SSSR count). The third kappa shape index (κ3) is 3.05. The zero-order chi connectivity index (χ0) is 14.0. The van der Waals surface area contributed by atoms with Crippen LogP contribution in [-0.2, 0) is 10.0 Å². The molecule has 5 nitrogen and oxygen atoms in total. The number of nitrogens with one attached hydrogen (secondary N) is 1. The van der Waals surface area contributed by atoms with E-state index >= 15 is 0 Å². The lowest BCUT2D eigenvalue weighted by Gasteiger charge is -2.10. The molecule has 1 atom stereocenters. The van der Waals surface area contributed by atoms with Gasteiger partial charge in [0.1, 0.15) is 5.65 Å². The molecule has 8 heteroatoms. The van der Waals surface area contributed by atoms with Gasteiger partial charge in [0.25, 0.3) is 10.0 Å². The number of pyridine rings is 1. The number of rotatable bonds is 5. The van der Waals surface area contributed by atoms with Gasteiger partial charge in [-0.15, -0.1) is 0 Å². The van der Waals surface area contributed by atoms with E-state index in [1.54, 1.807) is 36.2 Å². The Hall–Kier alpha value is -0.760. The predicted molar refractivity (Wildman–Crippen MR) is 78.4 cm³/mol. The standard InChI is InChI=1S/C11H14ClN3O2S2/c1-8(18-2)7-13-19(16,17)11-10(12)14-9-5-3-4-6-15(9)11/h3-6,8,13H,7H2,1-2H3. The molecule has 0 bridgehead atoms. The van der Waals surface area contributed by atoms with E-state index in [4.69, 9.17) is 11.6 Å². The van der Waals surface area contributed by atoms with Gasteiger partial charge in [-0.05, 0) is 18.4 Å². The molecule has 0 spiro atoms. The first-order valence-corrected chi connectivity index (χ1v) is 8.75. The van der Waals surface area contributed by atoms with Crippen molar-refractivity contribution in [3.8, 4) is 0 Å². The van der Waals surface area contributed by atoms with E-state index in [9.17, 15) is 8.42 Å². The molecule has 19 heavy (non-hydrogen) atoms. The molecule has 0 aliphatic carbocycles. The largest absolute Gasteiger partial charge is 0.288 e. The molecule has 0 aliphatic heterocycles. The van der Waals surface area contributed by atoms with Gasteiger partial charge >= 0.3 is 0 Å². The number of imidazole rings is 1. The maximum absolute atomic E-state index is 12.3. The van der Waals surface area contributed by atoms with Crippen LogP contribution in [0.2, 0.25) is 5.15 Å². The summed E-state index contributed by atoms with van der Waals surface area (Å²) in [5.41, 5.74) is 0.505. The van der Waals surface area contributed by atoms with Crippen molar-refractivity contribution >= 4 is 39.0 Å². The van der Waals surface area contributed by atoms with Crippen molar-refractivity contribution in [2.45, 2.75) is 17.2 Å². The Labute approximate surface area is 121 Å². The summed E-state index contributed by atoms with van der Waals surface area (Å²) >= 11 is 7.53. The Kier molecular flexibility index (Phi) is 4.39. The van der Waals surface area contributed by atoms with Crippen molar-refractivity contribution in [2.75, 3.05) is 12.8 Å². The van der Waals surface area contributed by atoms with E-state index in [1.807, 2.05) is 13.2 Å². The minimum atomic E-state index is -3.67.